The summed E-state index contributed by atoms with van der Waals surface area (Å²) in [5.41, 5.74) is 7.18. The van der Waals surface area contributed by atoms with Crippen molar-refractivity contribution in [2.75, 3.05) is 17.6 Å². The van der Waals surface area contributed by atoms with Gasteiger partial charge in [-0.25, -0.2) is 19.3 Å². The van der Waals surface area contributed by atoms with E-state index in [9.17, 15) is 4.39 Å². The topological polar surface area (TPSA) is 102 Å². The molecular weight excluding hydrogens is 345 g/mol. The number of nitrogen functional groups attached to an aromatic ring is 1. The first-order chi connectivity index (χ1) is 13.1. The molecular formula is C19H20FN7. The Hall–Kier alpha value is -3.16. The molecule has 0 spiro atoms. The summed E-state index contributed by atoms with van der Waals surface area (Å²) in [6, 6.07) is 3.08. The molecule has 3 heterocycles. The first-order valence-corrected chi connectivity index (χ1v) is 8.80. The second-order valence-corrected chi connectivity index (χ2v) is 7.11. The lowest BCUT2D eigenvalue weighted by Gasteiger charge is -2.46. The molecule has 0 atom stereocenters. The number of hydrogen-bond donors (Lipinski definition) is 2. The SMILES string of the molecule is CC1CC(CNc2ncc(-c3cncc(N)n3)cn2)(c2ncccc2F)C1. The van der Waals surface area contributed by atoms with Crippen LogP contribution < -0.4 is 11.1 Å². The molecule has 7 nitrogen and oxygen atoms in total. The van der Waals surface area contributed by atoms with Gasteiger partial charge in [0.1, 0.15) is 11.6 Å². The van der Waals surface area contributed by atoms with Gasteiger partial charge in [-0.15, -0.1) is 0 Å². The van der Waals surface area contributed by atoms with Gasteiger partial charge < -0.3 is 11.1 Å². The van der Waals surface area contributed by atoms with Crippen molar-refractivity contribution < 1.29 is 4.39 Å². The number of hydrogen-bond acceptors (Lipinski definition) is 7. The van der Waals surface area contributed by atoms with E-state index in [-0.39, 0.29) is 11.2 Å². The van der Waals surface area contributed by atoms with E-state index in [1.165, 1.54) is 12.3 Å². The van der Waals surface area contributed by atoms with Crippen molar-refractivity contribution in [3.63, 3.8) is 0 Å². The molecule has 3 aromatic rings. The van der Waals surface area contributed by atoms with E-state index in [4.69, 9.17) is 5.73 Å². The molecule has 4 rings (SSSR count). The van der Waals surface area contributed by atoms with E-state index in [0.717, 1.165) is 18.4 Å². The Bertz CT molecular complexity index is 939. The molecule has 1 aliphatic carbocycles. The Morgan fingerprint density at radius 3 is 2.63 bits per heavy atom. The molecule has 0 aromatic carbocycles. The highest BCUT2D eigenvalue weighted by Gasteiger charge is 2.46. The number of aromatic nitrogens is 5. The van der Waals surface area contributed by atoms with Crippen LogP contribution in [0.4, 0.5) is 16.2 Å². The fourth-order valence-electron chi connectivity index (χ4n) is 3.79. The van der Waals surface area contributed by atoms with Gasteiger partial charge in [0.25, 0.3) is 0 Å². The number of nitrogens with one attached hydrogen (secondary N) is 1. The van der Waals surface area contributed by atoms with Crippen molar-refractivity contribution in [2.45, 2.75) is 25.2 Å². The Labute approximate surface area is 156 Å². The number of nitrogens with zero attached hydrogens (tertiary/aromatic N) is 5. The summed E-state index contributed by atoms with van der Waals surface area (Å²) in [4.78, 5) is 21.2. The Kier molecular flexibility index (Phi) is 4.39. The largest absolute Gasteiger partial charge is 0.382 e. The van der Waals surface area contributed by atoms with Crippen LogP contribution in [-0.4, -0.2) is 31.5 Å². The summed E-state index contributed by atoms with van der Waals surface area (Å²) in [5.74, 6) is 1.10. The second-order valence-electron chi connectivity index (χ2n) is 7.11. The maximum atomic E-state index is 14.3. The minimum absolute atomic E-state index is 0.261. The Morgan fingerprint density at radius 2 is 1.96 bits per heavy atom. The Balaban J connectivity index is 1.50. The van der Waals surface area contributed by atoms with Crippen LogP contribution in [0.2, 0.25) is 0 Å². The number of anilines is 2. The summed E-state index contributed by atoms with van der Waals surface area (Å²) in [6.45, 7) is 2.69. The van der Waals surface area contributed by atoms with Crippen LogP contribution in [0.15, 0.2) is 43.1 Å². The van der Waals surface area contributed by atoms with Crippen molar-refractivity contribution in [3.8, 4) is 11.3 Å². The van der Waals surface area contributed by atoms with Gasteiger partial charge in [0.2, 0.25) is 5.95 Å². The lowest BCUT2D eigenvalue weighted by atomic mass is 9.60. The van der Waals surface area contributed by atoms with E-state index in [0.29, 0.717) is 35.6 Å². The minimum atomic E-state index is -0.327. The van der Waals surface area contributed by atoms with Crippen LogP contribution in [-0.2, 0) is 5.41 Å². The van der Waals surface area contributed by atoms with Crippen LogP contribution in [0.25, 0.3) is 11.3 Å². The maximum Gasteiger partial charge on any atom is 0.222 e. The third kappa shape index (κ3) is 3.42. The smallest absolute Gasteiger partial charge is 0.222 e. The maximum absolute atomic E-state index is 14.3. The molecule has 1 fully saturated rings. The van der Waals surface area contributed by atoms with E-state index in [1.54, 1.807) is 30.9 Å². The molecule has 0 radical (unpaired) electrons. The third-order valence-electron chi connectivity index (χ3n) is 4.92. The van der Waals surface area contributed by atoms with Crippen molar-refractivity contribution in [1.82, 2.24) is 24.9 Å². The highest BCUT2D eigenvalue weighted by molar-refractivity contribution is 5.57. The number of halogens is 1. The van der Waals surface area contributed by atoms with Crippen LogP contribution in [0.5, 0.6) is 0 Å². The quantitative estimate of drug-likeness (QED) is 0.716. The highest BCUT2D eigenvalue weighted by atomic mass is 19.1. The monoisotopic (exact) mass is 365 g/mol. The van der Waals surface area contributed by atoms with Crippen LogP contribution >= 0.6 is 0 Å². The molecule has 3 aromatic heterocycles. The van der Waals surface area contributed by atoms with Gasteiger partial charge in [0.15, 0.2) is 0 Å². The van der Waals surface area contributed by atoms with Gasteiger partial charge in [-0.3, -0.25) is 9.97 Å². The van der Waals surface area contributed by atoms with Crippen molar-refractivity contribution in [3.05, 3.63) is 54.6 Å². The lowest BCUT2D eigenvalue weighted by molar-refractivity contribution is 0.159. The third-order valence-corrected chi connectivity index (χ3v) is 4.92. The van der Waals surface area contributed by atoms with E-state index in [2.05, 4.69) is 37.2 Å². The van der Waals surface area contributed by atoms with Gasteiger partial charge in [-0.05, 0) is 30.9 Å². The van der Waals surface area contributed by atoms with Gasteiger partial charge in [-0.2, -0.15) is 0 Å². The fourth-order valence-corrected chi connectivity index (χ4v) is 3.79. The molecule has 0 amide bonds. The minimum Gasteiger partial charge on any atom is -0.382 e. The van der Waals surface area contributed by atoms with Gasteiger partial charge in [0.05, 0.1) is 23.8 Å². The lowest BCUT2D eigenvalue weighted by Crippen LogP contribution is -2.47. The summed E-state index contributed by atoms with van der Waals surface area (Å²) in [5, 5.41) is 3.23. The zero-order valence-electron chi connectivity index (χ0n) is 14.9. The number of rotatable bonds is 5. The standard InChI is InChI=1S/C19H20FN7/c1-12-5-19(6-12,17-14(20)3-2-4-23-17)11-26-18-24-7-13(8-25-18)15-9-22-10-16(21)27-15/h2-4,7-10,12H,5-6,11H2,1H3,(H2,21,27)(H,24,25,26). The average Bonchev–Trinajstić information content (AvgIpc) is 2.65. The van der Waals surface area contributed by atoms with E-state index in [1.807, 2.05) is 0 Å². The first kappa shape index (κ1) is 17.3. The molecule has 3 N–H and O–H groups in total. The number of nitrogens with two attached hydrogens (primary N) is 1. The molecule has 0 aliphatic heterocycles. The molecule has 8 heteroatoms. The fraction of sp³-hybridized carbons (Fsp3) is 0.316. The van der Waals surface area contributed by atoms with Gasteiger partial charge >= 0.3 is 0 Å². The molecule has 1 saturated carbocycles. The summed E-state index contributed by atoms with van der Waals surface area (Å²) >= 11 is 0. The molecule has 0 unspecified atom stereocenters. The predicted molar refractivity (Wildman–Crippen MR) is 100 cm³/mol. The van der Waals surface area contributed by atoms with Crippen LogP contribution in [0, 0.1) is 11.7 Å². The molecule has 0 bridgehead atoms. The normalized spacial score (nSPS) is 21.5. The summed E-state index contributed by atoms with van der Waals surface area (Å²) in [7, 11) is 0. The molecule has 1 aliphatic rings. The van der Waals surface area contributed by atoms with E-state index < -0.39 is 0 Å². The van der Waals surface area contributed by atoms with Crippen LogP contribution in [0.3, 0.4) is 0 Å². The van der Waals surface area contributed by atoms with Gasteiger partial charge in [-0.1, -0.05) is 6.92 Å². The van der Waals surface area contributed by atoms with E-state index >= 15 is 0 Å². The highest BCUT2D eigenvalue weighted by Crippen LogP contribution is 2.47. The van der Waals surface area contributed by atoms with Gasteiger partial charge in [0, 0.05) is 36.1 Å². The first-order valence-electron chi connectivity index (χ1n) is 8.80. The Morgan fingerprint density at radius 1 is 1.19 bits per heavy atom. The van der Waals surface area contributed by atoms with Crippen molar-refractivity contribution in [1.29, 1.82) is 0 Å². The molecule has 0 saturated heterocycles. The molecule has 27 heavy (non-hydrogen) atoms. The number of pyridine rings is 1. The zero-order valence-corrected chi connectivity index (χ0v) is 14.9. The molecule has 138 valence electrons. The van der Waals surface area contributed by atoms with Crippen molar-refractivity contribution >= 4 is 11.8 Å². The second kappa shape index (κ2) is 6.86. The summed E-state index contributed by atoms with van der Waals surface area (Å²) < 4.78 is 14.3. The predicted octanol–water partition coefficient (Wildman–Crippen LogP) is 2.83. The average molecular weight is 365 g/mol. The van der Waals surface area contributed by atoms with Crippen molar-refractivity contribution in [2.24, 2.45) is 5.92 Å². The zero-order chi connectivity index (χ0) is 18.9. The van der Waals surface area contributed by atoms with Crippen LogP contribution in [0.1, 0.15) is 25.5 Å². The summed E-state index contributed by atoms with van der Waals surface area (Å²) in [6.07, 6.45) is 9.82.